The fourth-order valence-corrected chi connectivity index (χ4v) is 3.13. The number of benzene rings is 1. The van der Waals surface area contributed by atoms with Crippen molar-refractivity contribution in [1.29, 1.82) is 0 Å². The summed E-state index contributed by atoms with van der Waals surface area (Å²) in [4.78, 5) is 15.5. The lowest BCUT2D eigenvalue weighted by atomic mass is 10.3. The molecule has 0 bridgehead atoms. The Hall–Kier alpha value is -2.06. The lowest BCUT2D eigenvalue weighted by molar-refractivity contribution is -0.145. The van der Waals surface area contributed by atoms with Crippen LogP contribution in [0.4, 0.5) is 13.2 Å². The molecule has 0 radical (unpaired) electrons. The number of amides is 1. The zero-order valence-corrected chi connectivity index (χ0v) is 14.7. The molecule has 0 saturated carbocycles. The lowest BCUT2D eigenvalue weighted by Gasteiger charge is -2.22. The Kier molecular flexibility index (Phi) is 5.52. The van der Waals surface area contributed by atoms with E-state index < -0.39 is 12.7 Å². The molecule has 0 unspecified atom stereocenters. The molecule has 1 aliphatic heterocycles. The zero-order valence-electron chi connectivity index (χ0n) is 13.9. The molecule has 26 heavy (non-hydrogen) atoms. The molecule has 1 aromatic heterocycles. The van der Waals surface area contributed by atoms with Crippen molar-refractivity contribution >= 4 is 17.5 Å². The maximum absolute atomic E-state index is 12.6. The van der Waals surface area contributed by atoms with Crippen LogP contribution in [0.1, 0.15) is 16.9 Å². The SMILES string of the molecule is O=C(c1ccn(-c2cccc(Cl)c2)n1)N1CCCN(CC(F)(F)F)CC1. The van der Waals surface area contributed by atoms with Gasteiger partial charge in [0, 0.05) is 37.4 Å². The first kappa shape index (κ1) is 18.7. The van der Waals surface area contributed by atoms with Gasteiger partial charge in [-0.1, -0.05) is 17.7 Å². The predicted octanol–water partition coefficient (Wildman–Crippen LogP) is 3.24. The second-order valence-electron chi connectivity index (χ2n) is 6.16. The van der Waals surface area contributed by atoms with Gasteiger partial charge >= 0.3 is 6.18 Å². The fraction of sp³-hybridized carbons (Fsp3) is 0.412. The van der Waals surface area contributed by atoms with Crippen LogP contribution in [-0.2, 0) is 0 Å². The van der Waals surface area contributed by atoms with Crippen molar-refractivity contribution in [1.82, 2.24) is 19.6 Å². The minimum atomic E-state index is -4.23. The Labute approximate surface area is 153 Å². The van der Waals surface area contributed by atoms with Gasteiger partial charge in [0.25, 0.3) is 5.91 Å². The van der Waals surface area contributed by atoms with Crippen LogP contribution in [0.15, 0.2) is 36.5 Å². The molecule has 1 amide bonds. The number of alkyl halides is 3. The highest BCUT2D eigenvalue weighted by Crippen LogP contribution is 2.18. The number of carbonyl (C=O) groups excluding carboxylic acids is 1. The van der Waals surface area contributed by atoms with Crippen molar-refractivity contribution in [2.75, 3.05) is 32.7 Å². The summed E-state index contributed by atoms with van der Waals surface area (Å²) < 4.78 is 39.2. The summed E-state index contributed by atoms with van der Waals surface area (Å²) in [5, 5.41) is 4.84. The van der Waals surface area contributed by atoms with Gasteiger partial charge in [0.1, 0.15) is 0 Å². The Morgan fingerprint density at radius 1 is 1.15 bits per heavy atom. The molecule has 1 fully saturated rings. The second kappa shape index (κ2) is 7.67. The van der Waals surface area contributed by atoms with Crippen LogP contribution in [0.5, 0.6) is 0 Å². The third-order valence-electron chi connectivity index (χ3n) is 4.16. The van der Waals surface area contributed by atoms with Crippen molar-refractivity contribution in [3.63, 3.8) is 0 Å². The summed E-state index contributed by atoms with van der Waals surface area (Å²) in [5.41, 5.74) is 0.984. The van der Waals surface area contributed by atoms with Crippen molar-refractivity contribution in [2.24, 2.45) is 0 Å². The van der Waals surface area contributed by atoms with Crippen molar-refractivity contribution in [2.45, 2.75) is 12.6 Å². The number of rotatable bonds is 3. The Bertz CT molecular complexity index is 777. The molecule has 1 saturated heterocycles. The predicted molar refractivity (Wildman–Crippen MR) is 91.6 cm³/mol. The minimum absolute atomic E-state index is 0.195. The molecule has 1 aromatic carbocycles. The normalized spacial score (nSPS) is 16.5. The maximum atomic E-state index is 12.6. The van der Waals surface area contributed by atoms with Gasteiger partial charge in [-0.05, 0) is 30.7 Å². The number of hydrogen-bond donors (Lipinski definition) is 0. The molecule has 0 N–H and O–H groups in total. The van der Waals surface area contributed by atoms with Crippen LogP contribution in [0.25, 0.3) is 5.69 Å². The van der Waals surface area contributed by atoms with Gasteiger partial charge in [-0.15, -0.1) is 0 Å². The Morgan fingerprint density at radius 2 is 1.96 bits per heavy atom. The van der Waals surface area contributed by atoms with E-state index in [-0.39, 0.29) is 24.7 Å². The highest BCUT2D eigenvalue weighted by molar-refractivity contribution is 6.30. The van der Waals surface area contributed by atoms with E-state index in [1.165, 1.54) is 4.90 Å². The molecule has 3 rings (SSSR count). The van der Waals surface area contributed by atoms with Crippen LogP contribution in [-0.4, -0.2) is 64.4 Å². The van der Waals surface area contributed by atoms with Gasteiger partial charge in [-0.2, -0.15) is 18.3 Å². The van der Waals surface area contributed by atoms with Gasteiger partial charge in [0.05, 0.1) is 12.2 Å². The minimum Gasteiger partial charge on any atom is -0.336 e. The third kappa shape index (κ3) is 4.76. The van der Waals surface area contributed by atoms with Crippen molar-refractivity contribution in [3.8, 4) is 5.69 Å². The quantitative estimate of drug-likeness (QED) is 0.813. The van der Waals surface area contributed by atoms with Crippen LogP contribution >= 0.6 is 11.6 Å². The molecule has 0 aliphatic carbocycles. The molecule has 0 atom stereocenters. The first-order chi connectivity index (χ1) is 12.3. The summed E-state index contributed by atoms with van der Waals surface area (Å²) in [6.07, 6.45) is -2.07. The molecule has 5 nitrogen and oxygen atoms in total. The Morgan fingerprint density at radius 3 is 2.69 bits per heavy atom. The summed E-state index contributed by atoms with van der Waals surface area (Å²) >= 11 is 5.96. The molecule has 140 valence electrons. The first-order valence-corrected chi connectivity index (χ1v) is 8.60. The third-order valence-corrected chi connectivity index (χ3v) is 4.39. The van der Waals surface area contributed by atoms with Gasteiger partial charge in [0.15, 0.2) is 5.69 Å². The highest BCUT2D eigenvalue weighted by Gasteiger charge is 2.32. The molecule has 2 aromatic rings. The monoisotopic (exact) mass is 386 g/mol. The number of hydrogen-bond acceptors (Lipinski definition) is 3. The average molecular weight is 387 g/mol. The molecular weight excluding hydrogens is 369 g/mol. The molecule has 0 spiro atoms. The summed E-state index contributed by atoms with van der Waals surface area (Å²) in [5.74, 6) is -0.278. The second-order valence-corrected chi connectivity index (χ2v) is 6.60. The standard InChI is InChI=1S/C17H18ClF3N4O/c18-13-3-1-4-14(11-13)25-8-5-15(22-25)16(26)24-7-2-6-23(9-10-24)12-17(19,20)21/h1,3-5,8,11H,2,6-7,9-10,12H2. The smallest absolute Gasteiger partial charge is 0.336 e. The van der Waals surface area contributed by atoms with E-state index in [1.54, 1.807) is 40.0 Å². The van der Waals surface area contributed by atoms with E-state index in [1.807, 2.05) is 6.07 Å². The zero-order chi connectivity index (χ0) is 18.7. The van der Waals surface area contributed by atoms with E-state index in [4.69, 9.17) is 11.6 Å². The molecule has 1 aliphatic rings. The van der Waals surface area contributed by atoms with E-state index in [0.717, 1.165) is 5.69 Å². The van der Waals surface area contributed by atoms with E-state index in [0.29, 0.717) is 24.5 Å². The molecule has 9 heteroatoms. The summed E-state index contributed by atoms with van der Waals surface area (Å²) in [6, 6.07) is 8.66. The topological polar surface area (TPSA) is 41.4 Å². The van der Waals surface area contributed by atoms with Crippen LogP contribution < -0.4 is 0 Å². The van der Waals surface area contributed by atoms with Gasteiger partial charge in [0.2, 0.25) is 0 Å². The van der Waals surface area contributed by atoms with Crippen LogP contribution in [0.3, 0.4) is 0 Å². The van der Waals surface area contributed by atoms with E-state index in [2.05, 4.69) is 5.10 Å². The van der Waals surface area contributed by atoms with Crippen LogP contribution in [0.2, 0.25) is 5.02 Å². The van der Waals surface area contributed by atoms with Gasteiger partial charge in [-0.3, -0.25) is 9.69 Å². The van der Waals surface area contributed by atoms with Crippen molar-refractivity contribution in [3.05, 3.63) is 47.2 Å². The largest absolute Gasteiger partial charge is 0.401 e. The molecule has 2 heterocycles. The van der Waals surface area contributed by atoms with Gasteiger partial charge < -0.3 is 4.90 Å². The molecular formula is C17H18ClF3N4O. The van der Waals surface area contributed by atoms with Gasteiger partial charge in [-0.25, -0.2) is 4.68 Å². The Balaban J connectivity index is 1.66. The summed E-state index contributed by atoms with van der Waals surface area (Å²) in [6.45, 7) is 0.231. The number of aromatic nitrogens is 2. The van der Waals surface area contributed by atoms with E-state index >= 15 is 0 Å². The number of nitrogens with zero attached hydrogens (tertiary/aromatic N) is 4. The average Bonchev–Trinajstić information content (AvgIpc) is 2.95. The van der Waals surface area contributed by atoms with Crippen LogP contribution in [0, 0.1) is 0 Å². The van der Waals surface area contributed by atoms with Crippen molar-refractivity contribution < 1.29 is 18.0 Å². The maximum Gasteiger partial charge on any atom is 0.401 e. The number of halogens is 4. The lowest BCUT2D eigenvalue weighted by Crippen LogP contribution is -2.38. The number of carbonyl (C=O) groups is 1. The van der Waals surface area contributed by atoms with E-state index in [9.17, 15) is 18.0 Å². The summed E-state index contributed by atoms with van der Waals surface area (Å²) in [7, 11) is 0. The highest BCUT2D eigenvalue weighted by atomic mass is 35.5. The first-order valence-electron chi connectivity index (χ1n) is 8.22. The fourth-order valence-electron chi connectivity index (χ4n) is 2.95.